The maximum atomic E-state index is 8.74. The lowest BCUT2D eigenvalue weighted by atomic mass is 9.82. The first-order chi connectivity index (χ1) is 6.42. The fourth-order valence-corrected chi connectivity index (χ4v) is 2.93. The van der Waals surface area contributed by atoms with Crippen molar-refractivity contribution >= 4 is 0 Å². The minimum atomic E-state index is 0.680. The summed E-state index contributed by atoms with van der Waals surface area (Å²) in [7, 11) is 0. The Labute approximate surface area is 80.5 Å². The van der Waals surface area contributed by atoms with Crippen LogP contribution in [0.1, 0.15) is 38.5 Å². The summed E-state index contributed by atoms with van der Waals surface area (Å²) >= 11 is 0. The molecule has 2 aliphatic heterocycles. The zero-order chi connectivity index (χ0) is 9.10. The molecule has 0 saturated carbocycles. The molecule has 0 amide bonds. The van der Waals surface area contributed by atoms with E-state index in [9.17, 15) is 0 Å². The normalized spacial score (nSPS) is 35.0. The van der Waals surface area contributed by atoms with Gasteiger partial charge in [-0.1, -0.05) is 6.42 Å². The van der Waals surface area contributed by atoms with Crippen molar-refractivity contribution in [2.24, 2.45) is 5.92 Å². The van der Waals surface area contributed by atoms with Crippen molar-refractivity contribution in [3.8, 4) is 6.07 Å². The third kappa shape index (κ3) is 1.86. The lowest BCUT2D eigenvalue weighted by Crippen LogP contribution is -2.47. The van der Waals surface area contributed by atoms with Crippen molar-refractivity contribution in [3.63, 3.8) is 0 Å². The Morgan fingerprint density at radius 2 is 2.00 bits per heavy atom. The lowest BCUT2D eigenvalue weighted by Gasteiger charge is -2.43. The van der Waals surface area contributed by atoms with E-state index in [0.29, 0.717) is 5.92 Å². The fourth-order valence-electron chi connectivity index (χ4n) is 2.93. The Balaban J connectivity index is 1.99. The van der Waals surface area contributed by atoms with Gasteiger partial charge in [0.15, 0.2) is 0 Å². The largest absolute Gasteiger partial charge is 0.300 e. The molecule has 72 valence electrons. The molecule has 2 atom stereocenters. The van der Waals surface area contributed by atoms with E-state index in [1.807, 2.05) is 0 Å². The van der Waals surface area contributed by atoms with Gasteiger partial charge in [-0.2, -0.15) is 5.26 Å². The van der Waals surface area contributed by atoms with Gasteiger partial charge >= 0.3 is 0 Å². The van der Waals surface area contributed by atoms with Gasteiger partial charge in [0.1, 0.15) is 0 Å². The average molecular weight is 178 g/mol. The topological polar surface area (TPSA) is 27.0 Å². The quantitative estimate of drug-likeness (QED) is 0.615. The molecule has 2 heteroatoms. The number of hydrogen-bond acceptors (Lipinski definition) is 2. The van der Waals surface area contributed by atoms with Crippen LogP contribution in [0.15, 0.2) is 0 Å². The van der Waals surface area contributed by atoms with Gasteiger partial charge in [-0.3, -0.25) is 0 Å². The Morgan fingerprint density at radius 1 is 1.15 bits per heavy atom. The maximum absolute atomic E-state index is 8.74. The number of nitriles is 1. The summed E-state index contributed by atoms with van der Waals surface area (Å²) in [6, 6.07) is 3.10. The van der Waals surface area contributed by atoms with E-state index in [4.69, 9.17) is 5.26 Å². The predicted molar refractivity (Wildman–Crippen MR) is 52.2 cm³/mol. The fraction of sp³-hybridized carbons (Fsp3) is 0.909. The molecule has 2 saturated heterocycles. The molecule has 2 nitrogen and oxygen atoms in total. The van der Waals surface area contributed by atoms with Gasteiger partial charge in [0.25, 0.3) is 0 Å². The first-order valence-corrected chi connectivity index (χ1v) is 5.53. The van der Waals surface area contributed by atoms with Gasteiger partial charge < -0.3 is 4.90 Å². The van der Waals surface area contributed by atoms with Gasteiger partial charge in [0.05, 0.1) is 6.07 Å². The Hall–Kier alpha value is -0.550. The highest BCUT2D eigenvalue weighted by Gasteiger charge is 2.32. The van der Waals surface area contributed by atoms with Crippen LogP contribution in [0.5, 0.6) is 0 Å². The average Bonchev–Trinajstić information content (AvgIpc) is 2.19. The second-order valence-electron chi connectivity index (χ2n) is 4.36. The molecule has 2 aliphatic rings. The van der Waals surface area contributed by atoms with Crippen LogP contribution in [-0.2, 0) is 0 Å². The molecular weight excluding hydrogens is 160 g/mol. The Bertz CT molecular complexity index is 205. The van der Waals surface area contributed by atoms with E-state index in [2.05, 4.69) is 11.0 Å². The van der Waals surface area contributed by atoms with E-state index in [1.54, 1.807) is 0 Å². The third-order valence-corrected chi connectivity index (χ3v) is 3.58. The van der Waals surface area contributed by atoms with Gasteiger partial charge in [-0.25, -0.2) is 0 Å². The summed E-state index contributed by atoms with van der Waals surface area (Å²) < 4.78 is 0. The minimum absolute atomic E-state index is 0.680. The Morgan fingerprint density at radius 3 is 2.85 bits per heavy atom. The molecule has 2 fully saturated rings. The summed E-state index contributed by atoms with van der Waals surface area (Å²) in [4.78, 5) is 2.62. The van der Waals surface area contributed by atoms with Gasteiger partial charge in [0.2, 0.25) is 0 Å². The lowest BCUT2D eigenvalue weighted by molar-refractivity contribution is 0.0615. The SMILES string of the molecule is N#CC[C@@H]1CCCN2CCCC[C@@H]12. The highest BCUT2D eigenvalue weighted by Crippen LogP contribution is 2.32. The predicted octanol–water partition coefficient (Wildman–Crippen LogP) is 2.16. The van der Waals surface area contributed by atoms with Crippen LogP contribution >= 0.6 is 0 Å². The second kappa shape index (κ2) is 4.11. The first-order valence-electron chi connectivity index (χ1n) is 5.53. The van der Waals surface area contributed by atoms with Crippen molar-refractivity contribution in [1.29, 1.82) is 5.26 Å². The maximum Gasteiger partial charge on any atom is 0.0625 e. The number of fused-ring (bicyclic) bond motifs is 1. The second-order valence-corrected chi connectivity index (χ2v) is 4.36. The highest BCUT2D eigenvalue weighted by atomic mass is 15.2. The molecule has 0 aromatic rings. The number of nitrogens with zero attached hydrogens (tertiary/aromatic N) is 2. The van der Waals surface area contributed by atoms with Crippen LogP contribution in [0.4, 0.5) is 0 Å². The minimum Gasteiger partial charge on any atom is -0.300 e. The number of piperidine rings is 2. The highest BCUT2D eigenvalue weighted by molar-refractivity contribution is 4.91. The molecule has 0 N–H and O–H groups in total. The van der Waals surface area contributed by atoms with Crippen LogP contribution in [-0.4, -0.2) is 24.0 Å². The van der Waals surface area contributed by atoms with E-state index in [1.165, 1.54) is 45.2 Å². The number of hydrogen-bond donors (Lipinski definition) is 0. The Kier molecular flexibility index (Phi) is 2.85. The van der Waals surface area contributed by atoms with E-state index in [-0.39, 0.29) is 0 Å². The molecular formula is C11H18N2. The van der Waals surface area contributed by atoms with Crippen LogP contribution in [0.25, 0.3) is 0 Å². The van der Waals surface area contributed by atoms with Crippen LogP contribution in [0.3, 0.4) is 0 Å². The molecule has 0 bridgehead atoms. The van der Waals surface area contributed by atoms with Crippen molar-refractivity contribution in [1.82, 2.24) is 4.90 Å². The molecule has 0 radical (unpaired) electrons. The summed E-state index contributed by atoms with van der Waals surface area (Å²) in [5, 5.41) is 8.74. The van der Waals surface area contributed by atoms with Gasteiger partial charge in [0, 0.05) is 12.5 Å². The molecule has 0 spiro atoms. The zero-order valence-electron chi connectivity index (χ0n) is 8.21. The molecule has 0 aromatic heterocycles. The first kappa shape index (κ1) is 9.02. The summed E-state index contributed by atoms with van der Waals surface area (Å²) in [5.41, 5.74) is 0. The van der Waals surface area contributed by atoms with E-state index < -0.39 is 0 Å². The summed E-state index contributed by atoms with van der Waals surface area (Å²) in [5.74, 6) is 0.680. The van der Waals surface area contributed by atoms with Gasteiger partial charge in [-0.15, -0.1) is 0 Å². The summed E-state index contributed by atoms with van der Waals surface area (Å²) in [6.45, 7) is 2.57. The number of rotatable bonds is 1. The molecule has 0 aliphatic carbocycles. The van der Waals surface area contributed by atoms with Crippen molar-refractivity contribution in [2.75, 3.05) is 13.1 Å². The van der Waals surface area contributed by atoms with E-state index >= 15 is 0 Å². The van der Waals surface area contributed by atoms with Crippen LogP contribution in [0.2, 0.25) is 0 Å². The molecule has 13 heavy (non-hydrogen) atoms. The molecule has 2 rings (SSSR count). The molecule has 2 heterocycles. The van der Waals surface area contributed by atoms with Gasteiger partial charge in [-0.05, 0) is 44.7 Å². The van der Waals surface area contributed by atoms with Crippen molar-refractivity contribution in [2.45, 2.75) is 44.6 Å². The summed E-state index contributed by atoms with van der Waals surface area (Å²) in [6.07, 6.45) is 7.46. The van der Waals surface area contributed by atoms with E-state index in [0.717, 1.165) is 12.5 Å². The van der Waals surface area contributed by atoms with Crippen LogP contribution < -0.4 is 0 Å². The monoisotopic (exact) mass is 178 g/mol. The smallest absolute Gasteiger partial charge is 0.0625 e. The van der Waals surface area contributed by atoms with Crippen molar-refractivity contribution in [3.05, 3.63) is 0 Å². The van der Waals surface area contributed by atoms with Crippen molar-refractivity contribution < 1.29 is 0 Å². The standard InChI is InChI=1S/C11H18N2/c12-7-6-10-4-3-9-13-8-2-1-5-11(10)13/h10-11H,1-6,8-9H2/t10-,11-/m0/s1. The molecule has 0 unspecified atom stereocenters. The zero-order valence-corrected chi connectivity index (χ0v) is 8.21. The van der Waals surface area contributed by atoms with Crippen LogP contribution in [0, 0.1) is 17.2 Å². The molecule has 0 aromatic carbocycles. The third-order valence-electron chi connectivity index (χ3n) is 3.58.